The number of aliphatic carboxylic acids is 1. The predicted molar refractivity (Wildman–Crippen MR) is 105 cm³/mol. The molecule has 0 aliphatic carbocycles. The molecule has 1 aliphatic rings. The Labute approximate surface area is 161 Å². The monoisotopic (exact) mass is 393 g/mol. The third-order valence-corrected chi connectivity index (χ3v) is 6.82. The lowest BCUT2D eigenvalue weighted by atomic mass is 10.1. The Balaban J connectivity index is 1.51. The standard InChI is InChI=1S/C18H23N3O3S2/c1-20(11-17(23)24)13-5-4-9-21(10-8-13)16(22)12-25-18-19-14-6-2-3-7-15(14)26-18/h2-3,6-7,13H,4-5,8-12H2,1H3,(H,23,24). The second kappa shape index (κ2) is 8.83. The first-order chi connectivity index (χ1) is 12.5. The fraction of sp³-hybridized carbons (Fsp3) is 0.500. The molecule has 0 bridgehead atoms. The van der Waals surface area contributed by atoms with Crippen LogP contribution in [0.1, 0.15) is 19.3 Å². The summed E-state index contributed by atoms with van der Waals surface area (Å²) in [4.78, 5) is 31.8. The Kier molecular flexibility index (Phi) is 6.50. The van der Waals surface area contributed by atoms with E-state index < -0.39 is 5.97 Å². The number of likely N-dealkylation sites (tertiary alicyclic amines) is 1. The molecule has 1 fully saturated rings. The van der Waals surface area contributed by atoms with Gasteiger partial charge in [-0.3, -0.25) is 14.5 Å². The number of hydrogen-bond acceptors (Lipinski definition) is 6. The summed E-state index contributed by atoms with van der Waals surface area (Å²) in [6, 6.07) is 8.22. The Morgan fingerprint density at radius 2 is 2.15 bits per heavy atom. The summed E-state index contributed by atoms with van der Waals surface area (Å²) in [5, 5.41) is 8.94. The molecule has 8 heteroatoms. The second-order valence-corrected chi connectivity index (χ2v) is 8.76. The predicted octanol–water partition coefficient (Wildman–Crippen LogP) is 2.79. The molecule has 2 heterocycles. The molecule has 1 aromatic carbocycles. The second-order valence-electron chi connectivity index (χ2n) is 6.51. The minimum absolute atomic E-state index is 0.0477. The molecular weight excluding hydrogens is 370 g/mol. The number of aromatic nitrogens is 1. The van der Waals surface area contributed by atoms with Gasteiger partial charge in [0, 0.05) is 19.1 Å². The minimum atomic E-state index is -0.808. The summed E-state index contributed by atoms with van der Waals surface area (Å²) in [6.45, 7) is 1.48. The average molecular weight is 394 g/mol. The number of amides is 1. The van der Waals surface area contributed by atoms with Crippen LogP contribution in [0.15, 0.2) is 28.6 Å². The molecule has 1 aliphatic heterocycles. The number of carboxylic acid groups (broad SMARTS) is 1. The number of benzene rings is 1. The van der Waals surface area contributed by atoms with Crippen LogP contribution in [0.5, 0.6) is 0 Å². The molecule has 140 valence electrons. The van der Waals surface area contributed by atoms with E-state index >= 15 is 0 Å². The number of thiazole rings is 1. The van der Waals surface area contributed by atoms with Crippen molar-refractivity contribution in [2.24, 2.45) is 0 Å². The van der Waals surface area contributed by atoms with Crippen molar-refractivity contribution in [1.82, 2.24) is 14.8 Å². The highest BCUT2D eigenvalue weighted by atomic mass is 32.2. The smallest absolute Gasteiger partial charge is 0.317 e. The van der Waals surface area contributed by atoms with Gasteiger partial charge in [-0.05, 0) is 38.4 Å². The number of carbonyl (C=O) groups excluding carboxylic acids is 1. The van der Waals surface area contributed by atoms with Gasteiger partial charge in [-0.25, -0.2) is 4.98 Å². The molecule has 2 aromatic rings. The fourth-order valence-electron chi connectivity index (χ4n) is 3.24. The normalized spacial score (nSPS) is 18.2. The van der Waals surface area contributed by atoms with Gasteiger partial charge in [-0.15, -0.1) is 11.3 Å². The number of thioether (sulfide) groups is 1. The number of carboxylic acids is 1. The Morgan fingerprint density at radius 3 is 2.92 bits per heavy atom. The molecule has 0 radical (unpaired) electrons. The highest BCUT2D eigenvalue weighted by Crippen LogP contribution is 2.29. The van der Waals surface area contributed by atoms with Crippen LogP contribution in [0.3, 0.4) is 0 Å². The Bertz CT molecular complexity index is 747. The van der Waals surface area contributed by atoms with E-state index in [2.05, 4.69) is 4.98 Å². The van der Waals surface area contributed by atoms with Crippen LogP contribution in [-0.4, -0.2) is 70.2 Å². The zero-order valence-corrected chi connectivity index (χ0v) is 16.4. The minimum Gasteiger partial charge on any atom is -0.480 e. The van der Waals surface area contributed by atoms with Crippen molar-refractivity contribution in [3.63, 3.8) is 0 Å². The van der Waals surface area contributed by atoms with Gasteiger partial charge in [0.2, 0.25) is 5.91 Å². The first-order valence-corrected chi connectivity index (χ1v) is 10.5. The molecule has 3 rings (SSSR count). The summed E-state index contributed by atoms with van der Waals surface area (Å²) < 4.78 is 2.06. The zero-order valence-electron chi connectivity index (χ0n) is 14.8. The van der Waals surface area contributed by atoms with E-state index in [0.717, 1.165) is 40.4 Å². The van der Waals surface area contributed by atoms with Gasteiger partial charge in [0.15, 0.2) is 4.34 Å². The first kappa shape index (κ1) is 19.1. The molecule has 1 saturated heterocycles. The molecular formula is C18H23N3O3S2. The Hall–Kier alpha value is -1.64. The van der Waals surface area contributed by atoms with Crippen LogP contribution >= 0.6 is 23.1 Å². The lowest BCUT2D eigenvalue weighted by Gasteiger charge is -2.25. The van der Waals surface area contributed by atoms with E-state index in [1.165, 1.54) is 11.8 Å². The summed E-state index contributed by atoms with van der Waals surface area (Å²) in [7, 11) is 1.85. The third-order valence-electron chi connectivity index (χ3n) is 4.65. The molecule has 1 amide bonds. The lowest BCUT2D eigenvalue weighted by Crippen LogP contribution is -2.37. The van der Waals surface area contributed by atoms with E-state index in [-0.39, 0.29) is 18.5 Å². The lowest BCUT2D eigenvalue weighted by molar-refractivity contribution is -0.138. The third kappa shape index (κ3) is 4.96. The summed E-state index contributed by atoms with van der Waals surface area (Å²) in [5.74, 6) is -0.275. The number of para-hydroxylation sites is 1. The van der Waals surface area contributed by atoms with Crippen molar-refractivity contribution in [1.29, 1.82) is 0 Å². The zero-order chi connectivity index (χ0) is 18.5. The molecule has 1 aromatic heterocycles. The highest BCUT2D eigenvalue weighted by Gasteiger charge is 2.24. The van der Waals surface area contributed by atoms with Crippen molar-refractivity contribution in [2.75, 3.05) is 32.4 Å². The van der Waals surface area contributed by atoms with E-state index in [9.17, 15) is 9.59 Å². The average Bonchev–Trinajstić information content (AvgIpc) is 2.86. The van der Waals surface area contributed by atoms with Crippen molar-refractivity contribution >= 4 is 45.2 Å². The molecule has 1 unspecified atom stereocenters. The maximum Gasteiger partial charge on any atom is 0.317 e. The summed E-state index contributed by atoms with van der Waals surface area (Å²) in [6.07, 6.45) is 2.66. The maximum absolute atomic E-state index is 12.6. The number of likely N-dealkylation sites (N-methyl/N-ethyl adjacent to an activating group) is 1. The van der Waals surface area contributed by atoms with Gasteiger partial charge < -0.3 is 10.0 Å². The molecule has 26 heavy (non-hydrogen) atoms. The van der Waals surface area contributed by atoms with Gasteiger partial charge in [0.25, 0.3) is 0 Å². The van der Waals surface area contributed by atoms with Crippen LogP contribution in [0, 0.1) is 0 Å². The SMILES string of the molecule is CN(CC(=O)O)C1CCCN(C(=O)CSc2nc3ccccc3s2)CC1. The number of rotatable bonds is 6. The van der Waals surface area contributed by atoms with Gasteiger partial charge in [-0.1, -0.05) is 23.9 Å². The first-order valence-electron chi connectivity index (χ1n) is 8.71. The van der Waals surface area contributed by atoms with E-state index in [0.29, 0.717) is 12.3 Å². The van der Waals surface area contributed by atoms with Crippen molar-refractivity contribution in [3.8, 4) is 0 Å². The highest BCUT2D eigenvalue weighted by molar-refractivity contribution is 8.01. The van der Waals surface area contributed by atoms with E-state index in [1.807, 2.05) is 41.1 Å². The molecule has 0 saturated carbocycles. The molecule has 6 nitrogen and oxygen atoms in total. The largest absolute Gasteiger partial charge is 0.480 e. The van der Waals surface area contributed by atoms with E-state index in [4.69, 9.17) is 5.11 Å². The maximum atomic E-state index is 12.6. The number of nitrogens with zero attached hydrogens (tertiary/aromatic N) is 3. The van der Waals surface area contributed by atoms with Crippen LogP contribution in [0.25, 0.3) is 10.2 Å². The fourth-order valence-corrected chi connectivity index (χ4v) is 5.21. The molecule has 1 atom stereocenters. The van der Waals surface area contributed by atoms with Gasteiger partial charge in [-0.2, -0.15) is 0 Å². The van der Waals surface area contributed by atoms with Gasteiger partial charge in [0.05, 0.1) is 22.5 Å². The molecule has 0 spiro atoms. The van der Waals surface area contributed by atoms with Crippen molar-refractivity contribution in [3.05, 3.63) is 24.3 Å². The van der Waals surface area contributed by atoms with Gasteiger partial charge >= 0.3 is 5.97 Å². The topological polar surface area (TPSA) is 73.7 Å². The Morgan fingerprint density at radius 1 is 1.35 bits per heavy atom. The summed E-state index contributed by atoms with van der Waals surface area (Å²) >= 11 is 3.12. The number of fused-ring (bicyclic) bond motifs is 1. The van der Waals surface area contributed by atoms with E-state index in [1.54, 1.807) is 11.3 Å². The van der Waals surface area contributed by atoms with Crippen molar-refractivity contribution < 1.29 is 14.7 Å². The number of carbonyl (C=O) groups is 2. The van der Waals surface area contributed by atoms with Crippen LogP contribution < -0.4 is 0 Å². The summed E-state index contributed by atoms with van der Waals surface area (Å²) in [5.41, 5.74) is 0.978. The quantitative estimate of drug-likeness (QED) is 0.761. The van der Waals surface area contributed by atoms with Crippen LogP contribution in [0.2, 0.25) is 0 Å². The van der Waals surface area contributed by atoms with Crippen LogP contribution in [0.4, 0.5) is 0 Å². The van der Waals surface area contributed by atoms with Gasteiger partial charge in [0.1, 0.15) is 0 Å². The van der Waals surface area contributed by atoms with Crippen molar-refractivity contribution in [2.45, 2.75) is 29.6 Å². The number of hydrogen-bond donors (Lipinski definition) is 1. The molecule has 1 N–H and O–H groups in total. The van der Waals surface area contributed by atoms with Crippen LogP contribution in [-0.2, 0) is 9.59 Å².